The lowest BCUT2D eigenvalue weighted by atomic mass is 10.1. The molecule has 0 spiro atoms. The van der Waals surface area contributed by atoms with Crippen LogP contribution in [0.2, 0.25) is 0 Å². The van der Waals surface area contributed by atoms with Gasteiger partial charge in [-0.15, -0.1) is 0 Å². The molecule has 0 bridgehead atoms. The lowest BCUT2D eigenvalue weighted by Gasteiger charge is -2.15. The molecule has 17 heavy (non-hydrogen) atoms. The fourth-order valence-corrected chi connectivity index (χ4v) is 3.31. The highest BCUT2D eigenvalue weighted by Gasteiger charge is 2.37. The summed E-state index contributed by atoms with van der Waals surface area (Å²) in [6, 6.07) is 0. The lowest BCUT2D eigenvalue weighted by Crippen LogP contribution is -2.10. The first kappa shape index (κ1) is 14.7. The second-order valence-electron chi connectivity index (χ2n) is 3.91. The Morgan fingerprint density at radius 1 is 1.35 bits per heavy atom. The van der Waals surface area contributed by atoms with E-state index < -0.39 is 7.60 Å². The quantitative estimate of drug-likeness (QED) is 0.628. The smallest absolute Gasteiger partial charge is 0.378 e. The fraction of sp³-hybridized carbons (Fsp3) is 0.909. The van der Waals surface area contributed by atoms with Gasteiger partial charge in [0.2, 0.25) is 0 Å². The Morgan fingerprint density at radius 3 is 2.53 bits per heavy atom. The molecule has 0 saturated heterocycles. The summed E-state index contributed by atoms with van der Waals surface area (Å²) in [6.45, 7) is 6.39. The Labute approximate surface area is 103 Å². The molecule has 0 fully saturated rings. The summed E-state index contributed by atoms with van der Waals surface area (Å²) < 4.78 is 22.8. The van der Waals surface area contributed by atoms with Gasteiger partial charge in [-0.25, -0.2) is 0 Å². The average Bonchev–Trinajstić information content (AvgIpc) is 2.76. The first-order valence-corrected chi connectivity index (χ1v) is 7.82. The Balaban J connectivity index is 2.57. The molecule has 0 aromatic heterocycles. The molecule has 5 nitrogen and oxygen atoms in total. The third-order valence-electron chi connectivity index (χ3n) is 2.51. The molecule has 100 valence electrons. The minimum atomic E-state index is -3.21. The first-order valence-electron chi connectivity index (χ1n) is 6.28. The van der Waals surface area contributed by atoms with Crippen molar-refractivity contribution in [1.29, 1.82) is 0 Å². The summed E-state index contributed by atoms with van der Waals surface area (Å²) in [5.74, 6) is 0. The Bertz CT molecular complexity index is 296. The van der Waals surface area contributed by atoms with Gasteiger partial charge in [0, 0.05) is 6.42 Å². The molecule has 0 radical (unpaired) electrons. The van der Waals surface area contributed by atoms with Crippen LogP contribution in [0.25, 0.3) is 0 Å². The van der Waals surface area contributed by atoms with Crippen LogP contribution in [0.4, 0.5) is 0 Å². The van der Waals surface area contributed by atoms with Crippen LogP contribution >= 0.6 is 7.60 Å². The summed E-state index contributed by atoms with van der Waals surface area (Å²) in [4.78, 5) is 5.26. The molecular formula is C11H22NO4P. The highest BCUT2D eigenvalue weighted by atomic mass is 31.2. The molecule has 1 aliphatic heterocycles. The van der Waals surface area contributed by atoms with E-state index in [2.05, 4.69) is 12.1 Å². The summed E-state index contributed by atoms with van der Waals surface area (Å²) in [5.41, 5.74) is 0.433. The van der Waals surface area contributed by atoms with Gasteiger partial charge in [0.25, 0.3) is 0 Å². The van der Waals surface area contributed by atoms with Crippen molar-refractivity contribution in [3.05, 3.63) is 0 Å². The summed E-state index contributed by atoms with van der Waals surface area (Å²) >= 11 is 0. The van der Waals surface area contributed by atoms with Gasteiger partial charge >= 0.3 is 7.60 Å². The minimum absolute atomic E-state index is 0.0270. The van der Waals surface area contributed by atoms with Crippen LogP contribution < -0.4 is 0 Å². The molecule has 0 aliphatic carbocycles. The monoisotopic (exact) mass is 263 g/mol. The Kier molecular flexibility index (Phi) is 6.17. The third kappa shape index (κ3) is 4.09. The SMILES string of the molecule is CCCCC1CC(P(=O)(OCC)OCC)=NO1. The zero-order valence-corrected chi connectivity index (χ0v) is 11.7. The highest BCUT2D eigenvalue weighted by molar-refractivity contribution is 7.72. The van der Waals surface area contributed by atoms with E-state index in [1.165, 1.54) is 0 Å². The van der Waals surface area contributed by atoms with E-state index in [-0.39, 0.29) is 6.10 Å². The van der Waals surface area contributed by atoms with Gasteiger partial charge in [0.15, 0.2) is 5.45 Å². The van der Waals surface area contributed by atoms with Crippen LogP contribution in [0.3, 0.4) is 0 Å². The Morgan fingerprint density at radius 2 is 2.00 bits per heavy atom. The van der Waals surface area contributed by atoms with Crippen molar-refractivity contribution in [1.82, 2.24) is 0 Å². The van der Waals surface area contributed by atoms with E-state index in [4.69, 9.17) is 13.9 Å². The second kappa shape index (κ2) is 7.14. The van der Waals surface area contributed by atoms with Crippen molar-refractivity contribution in [2.75, 3.05) is 13.2 Å². The number of oxime groups is 1. The van der Waals surface area contributed by atoms with E-state index in [1.807, 2.05) is 0 Å². The molecule has 1 atom stereocenters. The van der Waals surface area contributed by atoms with Crippen molar-refractivity contribution >= 4 is 13.0 Å². The van der Waals surface area contributed by atoms with Crippen molar-refractivity contribution in [3.63, 3.8) is 0 Å². The normalized spacial score (nSPS) is 20.2. The zero-order valence-electron chi connectivity index (χ0n) is 10.8. The van der Waals surface area contributed by atoms with Crippen LogP contribution in [0.5, 0.6) is 0 Å². The van der Waals surface area contributed by atoms with Crippen LogP contribution in [0, 0.1) is 0 Å². The van der Waals surface area contributed by atoms with Crippen LogP contribution in [-0.4, -0.2) is 24.8 Å². The molecule has 0 amide bonds. The van der Waals surface area contributed by atoms with Gasteiger partial charge in [-0.05, 0) is 26.7 Å². The molecule has 0 N–H and O–H groups in total. The van der Waals surface area contributed by atoms with Crippen molar-refractivity contribution in [2.24, 2.45) is 5.16 Å². The fourth-order valence-electron chi connectivity index (χ4n) is 1.69. The predicted octanol–water partition coefficient (Wildman–Crippen LogP) is 3.55. The number of unbranched alkanes of at least 4 members (excludes halogenated alkanes) is 1. The van der Waals surface area contributed by atoms with Crippen molar-refractivity contribution < 1.29 is 18.5 Å². The summed E-state index contributed by atoms with van der Waals surface area (Å²) in [5, 5.41) is 3.88. The van der Waals surface area contributed by atoms with E-state index in [0.29, 0.717) is 25.1 Å². The van der Waals surface area contributed by atoms with Crippen molar-refractivity contribution in [3.8, 4) is 0 Å². The number of nitrogens with zero attached hydrogens (tertiary/aromatic N) is 1. The molecule has 0 aromatic rings. The lowest BCUT2D eigenvalue weighted by molar-refractivity contribution is 0.0774. The molecule has 1 rings (SSSR count). The summed E-state index contributed by atoms with van der Waals surface area (Å²) in [7, 11) is -3.21. The molecular weight excluding hydrogens is 241 g/mol. The van der Waals surface area contributed by atoms with E-state index in [9.17, 15) is 4.57 Å². The molecule has 0 saturated carbocycles. The number of rotatable bonds is 8. The van der Waals surface area contributed by atoms with E-state index in [0.717, 1.165) is 19.3 Å². The topological polar surface area (TPSA) is 57.1 Å². The van der Waals surface area contributed by atoms with Gasteiger partial charge in [0.05, 0.1) is 13.2 Å². The van der Waals surface area contributed by atoms with Gasteiger partial charge in [-0.2, -0.15) is 0 Å². The molecule has 0 aromatic carbocycles. The maximum absolute atomic E-state index is 12.4. The second-order valence-corrected chi connectivity index (χ2v) is 5.94. The number of hydrogen-bond donors (Lipinski definition) is 0. The first-order chi connectivity index (χ1) is 8.16. The molecule has 6 heteroatoms. The van der Waals surface area contributed by atoms with Gasteiger partial charge in [-0.3, -0.25) is 4.57 Å². The van der Waals surface area contributed by atoms with Crippen LogP contribution in [0.15, 0.2) is 5.16 Å². The van der Waals surface area contributed by atoms with Crippen LogP contribution in [-0.2, 0) is 18.5 Å². The zero-order chi connectivity index (χ0) is 12.7. The summed E-state index contributed by atoms with van der Waals surface area (Å²) in [6.07, 6.45) is 3.71. The maximum Gasteiger partial charge on any atom is 0.378 e. The molecule has 1 heterocycles. The van der Waals surface area contributed by atoms with Gasteiger partial charge in [0.1, 0.15) is 6.10 Å². The number of hydrogen-bond acceptors (Lipinski definition) is 5. The largest absolute Gasteiger partial charge is 0.392 e. The maximum atomic E-state index is 12.4. The van der Waals surface area contributed by atoms with Crippen molar-refractivity contribution in [2.45, 2.75) is 52.6 Å². The van der Waals surface area contributed by atoms with E-state index >= 15 is 0 Å². The molecule has 1 unspecified atom stereocenters. The molecule has 1 aliphatic rings. The average molecular weight is 263 g/mol. The minimum Gasteiger partial charge on any atom is -0.392 e. The van der Waals surface area contributed by atoms with E-state index in [1.54, 1.807) is 13.8 Å². The standard InChI is InChI=1S/C11H22NO4P/c1-4-7-8-10-9-11(12-16-10)17(13,14-5-2)15-6-3/h10H,4-9H2,1-3H3. The Hall–Kier alpha value is -0.380. The highest BCUT2D eigenvalue weighted by Crippen LogP contribution is 2.52. The van der Waals surface area contributed by atoms with Crippen LogP contribution in [0.1, 0.15) is 46.5 Å². The predicted molar refractivity (Wildman–Crippen MR) is 67.3 cm³/mol. The van der Waals surface area contributed by atoms with Gasteiger partial charge < -0.3 is 13.9 Å². The van der Waals surface area contributed by atoms with Gasteiger partial charge in [-0.1, -0.05) is 18.5 Å². The third-order valence-corrected chi connectivity index (χ3v) is 4.60.